The minimum Gasteiger partial charge on any atom is -0.336 e. The molecule has 0 aliphatic carbocycles. The number of likely N-dealkylation sites (N-methyl/N-ethyl adjacent to an activating group) is 1. The van der Waals surface area contributed by atoms with Crippen LogP contribution < -0.4 is 10.6 Å². The number of carbonyl (C=O) groups is 1. The Morgan fingerprint density at radius 2 is 1.88 bits per heavy atom. The van der Waals surface area contributed by atoms with Crippen LogP contribution in [0.2, 0.25) is 5.02 Å². The first-order valence-corrected chi connectivity index (χ1v) is 8.35. The van der Waals surface area contributed by atoms with E-state index in [1.807, 2.05) is 51.4 Å². The lowest BCUT2D eigenvalue weighted by Gasteiger charge is -2.25. The Morgan fingerprint density at radius 3 is 2.50 bits per heavy atom. The van der Waals surface area contributed by atoms with Crippen LogP contribution in [0.1, 0.15) is 11.1 Å². The number of nitrogens with zero attached hydrogens (tertiary/aromatic N) is 1. The Balaban J connectivity index is 1.89. The maximum Gasteiger partial charge on any atom is 0.319 e. The quantitative estimate of drug-likeness (QED) is 0.832. The van der Waals surface area contributed by atoms with Crippen LogP contribution in [0, 0.1) is 6.92 Å². The molecule has 2 amide bonds. The molecular formula is C19H24ClN3O. The molecule has 24 heavy (non-hydrogen) atoms. The number of urea groups is 1. The Morgan fingerprint density at radius 1 is 1.17 bits per heavy atom. The summed E-state index contributed by atoms with van der Waals surface area (Å²) in [4.78, 5) is 14.2. The van der Waals surface area contributed by atoms with Gasteiger partial charge in [-0.2, -0.15) is 0 Å². The first-order valence-electron chi connectivity index (χ1n) is 7.97. The molecule has 0 unspecified atom stereocenters. The van der Waals surface area contributed by atoms with Crippen LogP contribution in [0.25, 0.3) is 0 Å². The topological polar surface area (TPSA) is 44.4 Å². The third-order valence-corrected chi connectivity index (χ3v) is 4.38. The Hall–Kier alpha value is -2.04. The fourth-order valence-electron chi connectivity index (χ4n) is 2.38. The van der Waals surface area contributed by atoms with Gasteiger partial charge >= 0.3 is 6.03 Å². The number of halogens is 1. The average Bonchev–Trinajstić information content (AvgIpc) is 2.55. The van der Waals surface area contributed by atoms with Crippen LogP contribution >= 0.6 is 11.6 Å². The minimum atomic E-state index is -0.227. The SMILES string of the molecule is Cc1ccc(NC(=O)NC[C@H](Cc2ccccc2)N(C)C)cc1Cl. The highest BCUT2D eigenvalue weighted by Crippen LogP contribution is 2.19. The van der Waals surface area contributed by atoms with Gasteiger partial charge in [0.15, 0.2) is 0 Å². The zero-order valence-electron chi connectivity index (χ0n) is 14.3. The number of nitrogens with one attached hydrogen (secondary N) is 2. The highest BCUT2D eigenvalue weighted by molar-refractivity contribution is 6.31. The molecular weight excluding hydrogens is 322 g/mol. The van der Waals surface area contributed by atoms with Crippen molar-refractivity contribution in [1.29, 1.82) is 0 Å². The van der Waals surface area contributed by atoms with Crippen molar-refractivity contribution in [2.45, 2.75) is 19.4 Å². The predicted octanol–water partition coefficient (Wildman–Crippen LogP) is 3.94. The number of aryl methyl sites for hydroxylation is 1. The van der Waals surface area contributed by atoms with E-state index in [4.69, 9.17) is 11.6 Å². The molecule has 4 nitrogen and oxygen atoms in total. The minimum absolute atomic E-state index is 0.222. The molecule has 5 heteroatoms. The summed E-state index contributed by atoms with van der Waals surface area (Å²) in [5, 5.41) is 6.39. The third kappa shape index (κ3) is 5.55. The van der Waals surface area contributed by atoms with Crippen molar-refractivity contribution < 1.29 is 4.79 Å². The number of anilines is 1. The summed E-state index contributed by atoms with van der Waals surface area (Å²) in [5.41, 5.74) is 2.93. The van der Waals surface area contributed by atoms with Gasteiger partial charge < -0.3 is 15.5 Å². The van der Waals surface area contributed by atoms with Gasteiger partial charge in [-0.25, -0.2) is 4.79 Å². The molecule has 2 N–H and O–H groups in total. The molecule has 0 fully saturated rings. The van der Waals surface area contributed by atoms with Gasteiger partial charge in [0.05, 0.1) is 0 Å². The number of hydrogen-bond donors (Lipinski definition) is 2. The van der Waals surface area contributed by atoms with Gasteiger partial charge in [-0.1, -0.05) is 48.0 Å². The Kier molecular flexibility index (Phi) is 6.64. The van der Waals surface area contributed by atoms with Crippen LogP contribution in [0.3, 0.4) is 0 Å². The maximum absolute atomic E-state index is 12.1. The number of benzene rings is 2. The van der Waals surface area contributed by atoms with Gasteiger partial charge in [-0.15, -0.1) is 0 Å². The predicted molar refractivity (Wildman–Crippen MR) is 101 cm³/mol. The second-order valence-corrected chi connectivity index (χ2v) is 6.51. The molecule has 0 heterocycles. The summed E-state index contributed by atoms with van der Waals surface area (Å²) in [6.45, 7) is 2.49. The molecule has 2 rings (SSSR count). The molecule has 1 atom stereocenters. The summed E-state index contributed by atoms with van der Waals surface area (Å²) in [5.74, 6) is 0. The lowest BCUT2D eigenvalue weighted by Crippen LogP contribution is -2.43. The van der Waals surface area contributed by atoms with E-state index in [0.29, 0.717) is 17.3 Å². The zero-order valence-corrected chi connectivity index (χ0v) is 15.1. The lowest BCUT2D eigenvalue weighted by atomic mass is 10.1. The van der Waals surface area contributed by atoms with Crippen LogP contribution in [-0.4, -0.2) is 37.6 Å². The fraction of sp³-hybridized carbons (Fsp3) is 0.316. The van der Waals surface area contributed by atoms with Crippen molar-refractivity contribution in [1.82, 2.24) is 10.2 Å². The molecule has 0 aromatic heterocycles. The van der Waals surface area contributed by atoms with Gasteiger partial charge in [-0.3, -0.25) is 0 Å². The lowest BCUT2D eigenvalue weighted by molar-refractivity contribution is 0.242. The van der Waals surface area contributed by atoms with Crippen molar-refractivity contribution in [3.8, 4) is 0 Å². The van der Waals surface area contributed by atoms with Gasteiger partial charge in [0.25, 0.3) is 0 Å². The van der Waals surface area contributed by atoms with E-state index in [1.54, 1.807) is 6.07 Å². The molecule has 2 aromatic rings. The van der Waals surface area contributed by atoms with Gasteiger partial charge in [0.2, 0.25) is 0 Å². The van der Waals surface area contributed by atoms with Crippen molar-refractivity contribution in [2.24, 2.45) is 0 Å². The summed E-state index contributed by atoms with van der Waals surface area (Å²) < 4.78 is 0. The second-order valence-electron chi connectivity index (χ2n) is 6.11. The first-order chi connectivity index (χ1) is 11.5. The maximum atomic E-state index is 12.1. The molecule has 0 bridgehead atoms. The van der Waals surface area contributed by atoms with E-state index in [-0.39, 0.29) is 12.1 Å². The number of hydrogen-bond acceptors (Lipinski definition) is 2. The van der Waals surface area contributed by atoms with Crippen LogP contribution in [-0.2, 0) is 6.42 Å². The Labute approximate surface area is 148 Å². The first kappa shape index (κ1) is 18.3. The third-order valence-electron chi connectivity index (χ3n) is 3.97. The highest BCUT2D eigenvalue weighted by Gasteiger charge is 2.14. The summed E-state index contributed by atoms with van der Waals surface area (Å²) in [7, 11) is 4.04. The van der Waals surface area contributed by atoms with Gasteiger partial charge in [0, 0.05) is 23.3 Å². The average molecular weight is 346 g/mol. The molecule has 2 aromatic carbocycles. The molecule has 0 radical (unpaired) electrons. The van der Waals surface area contributed by atoms with E-state index < -0.39 is 0 Å². The van der Waals surface area contributed by atoms with Crippen LogP contribution in [0.5, 0.6) is 0 Å². The number of rotatable bonds is 6. The van der Waals surface area contributed by atoms with E-state index in [9.17, 15) is 4.79 Å². The monoisotopic (exact) mass is 345 g/mol. The molecule has 0 spiro atoms. The normalized spacial score (nSPS) is 12.0. The van der Waals surface area contributed by atoms with Gasteiger partial charge in [0.1, 0.15) is 0 Å². The molecule has 0 saturated heterocycles. The second kappa shape index (κ2) is 8.71. The van der Waals surface area contributed by atoms with Gasteiger partial charge in [-0.05, 0) is 50.7 Å². The van der Waals surface area contributed by atoms with Crippen molar-refractivity contribution in [3.63, 3.8) is 0 Å². The molecule has 0 aliphatic heterocycles. The number of carbonyl (C=O) groups excluding carboxylic acids is 1. The Bertz CT molecular complexity index is 674. The van der Waals surface area contributed by atoms with Crippen LogP contribution in [0.15, 0.2) is 48.5 Å². The van der Waals surface area contributed by atoms with Crippen molar-refractivity contribution in [3.05, 3.63) is 64.7 Å². The summed E-state index contributed by atoms with van der Waals surface area (Å²) in [6, 6.07) is 15.7. The molecule has 0 saturated carbocycles. The van der Waals surface area contributed by atoms with E-state index >= 15 is 0 Å². The van der Waals surface area contributed by atoms with E-state index in [0.717, 1.165) is 12.0 Å². The van der Waals surface area contributed by atoms with Crippen molar-refractivity contribution in [2.75, 3.05) is 26.0 Å². The summed E-state index contributed by atoms with van der Waals surface area (Å²) >= 11 is 6.08. The van der Waals surface area contributed by atoms with E-state index in [2.05, 4.69) is 27.7 Å². The van der Waals surface area contributed by atoms with Crippen molar-refractivity contribution >= 4 is 23.3 Å². The smallest absolute Gasteiger partial charge is 0.319 e. The van der Waals surface area contributed by atoms with E-state index in [1.165, 1.54) is 5.56 Å². The standard InChI is InChI=1S/C19H24ClN3O/c1-14-9-10-16(12-18(14)20)22-19(24)21-13-17(23(2)3)11-15-7-5-4-6-8-15/h4-10,12,17H,11,13H2,1-3H3,(H2,21,22,24)/t17-/m0/s1. The van der Waals surface area contributed by atoms with Crippen LogP contribution in [0.4, 0.5) is 10.5 Å². The molecule has 128 valence electrons. The summed E-state index contributed by atoms with van der Waals surface area (Å²) in [6.07, 6.45) is 0.879. The highest BCUT2D eigenvalue weighted by atomic mass is 35.5. The molecule has 0 aliphatic rings. The fourth-order valence-corrected chi connectivity index (χ4v) is 2.56. The zero-order chi connectivity index (χ0) is 17.5. The number of amides is 2. The largest absolute Gasteiger partial charge is 0.336 e.